The number of rotatable bonds is 3. The predicted molar refractivity (Wildman–Crippen MR) is 77.9 cm³/mol. The molecular formula is C13H11BrN2OS. The van der Waals surface area contributed by atoms with Crippen LogP contribution in [0.5, 0.6) is 0 Å². The van der Waals surface area contributed by atoms with E-state index in [-0.39, 0.29) is 6.61 Å². The van der Waals surface area contributed by atoms with Crippen LogP contribution in [0.15, 0.2) is 34.2 Å². The van der Waals surface area contributed by atoms with Crippen molar-refractivity contribution in [2.75, 3.05) is 6.61 Å². The Hall–Kier alpha value is -1.17. The summed E-state index contributed by atoms with van der Waals surface area (Å²) in [5.41, 5.74) is 2.04. The fourth-order valence-corrected chi connectivity index (χ4v) is 3.44. The van der Waals surface area contributed by atoms with Crippen LogP contribution in [0.3, 0.4) is 0 Å². The third kappa shape index (κ3) is 1.98. The number of imidazole rings is 1. The molecule has 2 heterocycles. The number of benzene rings is 1. The Morgan fingerprint density at radius 3 is 3.00 bits per heavy atom. The fourth-order valence-electron chi connectivity index (χ4n) is 1.96. The molecule has 3 nitrogen and oxygen atoms in total. The molecule has 2 aromatic heterocycles. The number of aromatic amines is 1. The van der Waals surface area contributed by atoms with Gasteiger partial charge in [0.15, 0.2) is 0 Å². The maximum Gasteiger partial charge on any atom is 0.110 e. The number of nitrogens with one attached hydrogen (secondary N) is 1. The van der Waals surface area contributed by atoms with E-state index in [9.17, 15) is 0 Å². The second-order valence-corrected chi connectivity index (χ2v) is 5.67. The number of fused-ring (bicyclic) bond motifs is 1. The first-order valence-corrected chi connectivity index (χ1v) is 7.28. The minimum atomic E-state index is 0.101. The summed E-state index contributed by atoms with van der Waals surface area (Å²) in [7, 11) is 0. The first-order chi connectivity index (χ1) is 8.79. The molecule has 2 N–H and O–H groups in total. The summed E-state index contributed by atoms with van der Waals surface area (Å²) in [6.45, 7) is 0.101. The van der Waals surface area contributed by atoms with Gasteiger partial charge in [0.25, 0.3) is 0 Å². The van der Waals surface area contributed by atoms with E-state index in [4.69, 9.17) is 5.11 Å². The summed E-state index contributed by atoms with van der Waals surface area (Å²) in [5.74, 6) is 0.801. The van der Waals surface area contributed by atoms with Gasteiger partial charge in [-0.05, 0) is 22.0 Å². The molecule has 0 saturated heterocycles. The third-order valence-corrected chi connectivity index (χ3v) is 4.33. The normalized spacial score (nSPS) is 11.2. The van der Waals surface area contributed by atoms with Gasteiger partial charge in [-0.3, -0.25) is 0 Å². The van der Waals surface area contributed by atoms with Gasteiger partial charge in [0.1, 0.15) is 16.1 Å². The van der Waals surface area contributed by atoms with E-state index in [0.717, 1.165) is 21.7 Å². The van der Waals surface area contributed by atoms with Gasteiger partial charge in [-0.2, -0.15) is 0 Å². The number of hydrogen-bond donors (Lipinski definition) is 2. The zero-order chi connectivity index (χ0) is 12.5. The minimum absolute atomic E-state index is 0.101. The van der Waals surface area contributed by atoms with Crippen molar-refractivity contribution in [1.29, 1.82) is 0 Å². The monoisotopic (exact) mass is 322 g/mol. The number of aromatic nitrogens is 2. The summed E-state index contributed by atoms with van der Waals surface area (Å²) in [4.78, 5) is 7.69. The first-order valence-electron chi connectivity index (χ1n) is 5.61. The lowest BCUT2D eigenvalue weighted by molar-refractivity contribution is 0.297. The van der Waals surface area contributed by atoms with Gasteiger partial charge in [0, 0.05) is 27.5 Å². The number of hydrogen-bond acceptors (Lipinski definition) is 3. The molecule has 0 fully saturated rings. The van der Waals surface area contributed by atoms with Crippen molar-refractivity contribution in [1.82, 2.24) is 9.97 Å². The summed E-state index contributed by atoms with van der Waals surface area (Å²) in [6, 6.07) is 8.29. The smallest absolute Gasteiger partial charge is 0.110 e. The number of H-pyrrole nitrogens is 1. The zero-order valence-corrected chi connectivity index (χ0v) is 11.9. The molecule has 0 amide bonds. The number of aliphatic hydroxyl groups is 1. The highest BCUT2D eigenvalue weighted by molar-refractivity contribution is 9.10. The summed E-state index contributed by atoms with van der Waals surface area (Å²) in [5, 5.41) is 12.3. The Labute approximate surface area is 117 Å². The molecule has 3 aromatic rings. The lowest BCUT2D eigenvalue weighted by Gasteiger charge is -1.95. The molecule has 5 heteroatoms. The van der Waals surface area contributed by atoms with E-state index in [1.807, 2.05) is 12.1 Å². The van der Waals surface area contributed by atoms with E-state index in [1.54, 1.807) is 11.3 Å². The number of nitrogens with zero attached hydrogens (tertiary/aromatic N) is 1. The lowest BCUT2D eigenvalue weighted by Crippen LogP contribution is -1.92. The van der Waals surface area contributed by atoms with Crippen LogP contribution in [-0.2, 0) is 6.42 Å². The molecule has 0 aliphatic heterocycles. The fraction of sp³-hybridized carbons (Fsp3) is 0.154. The van der Waals surface area contributed by atoms with Gasteiger partial charge in [0.05, 0.1) is 6.61 Å². The van der Waals surface area contributed by atoms with Crippen LogP contribution in [0.2, 0.25) is 0 Å². The van der Waals surface area contributed by atoms with Crippen LogP contribution in [0.4, 0.5) is 0 Å². The van der Waals surface area contributed by atoms with Crippen LogP contribution >= 0.6 is 27.3 Å². The van der Waals surface area contributed by atoms with Gasteiger partial charge in [-0.15, -0.1) is 11.3 Å². The van der Waals surface area contributed by atoms with E-state index < -0.39 is 0 Å². The molecule has 3 rings (SSSR count). The van der Waals surface area contributed by atoms with Crippen LogP contribution in [0, 0.1) is 0 Å². The van der Waals surface area contributed by atoms with Crippen molar-refractivity contribution in [3.63, 3.8) is 0 Å². The molecule has 0 radical (unpaired) electrons. The molecule has 92 valence electrons. The Morgan fingerprint density at radius 1 is 1.33 bits per heavy atom. The first kappa shape index (κ1) is 11.9. The molecule has 0 aliphatic rings. The minimum Gasteiger partial charge on any atom is -0.396 e. The van der Waals surface area contributed by atoms with Gasteiger partial charge in [-0.1, -0.05) is 18.2 Å². The zero-order valence-electron chi connectivity index (χ0n) is 9.48. The SMILES string of the molecule is OCCc1nc(-c2csc3ccccc23)c(Br)[nH]1. The Balaban J connectivity index is 2.14. The largest absolute Gasteiger partial charge is 0.396 e. The number of thiophene rings is 1. The van der Waals surface area contributed by atoms with E-state index in [0.29, 0.717) is 6.42 Å². The maximum absolute atomic E-state index is 8.95. The maximum atomic E-state index is 8.95. The van der Waals surface area contributed by atoms with Crippen molar-refractivity contribution in [3.05, 3.63) is 40.1 Å². The quantitative estimate of drug-likeness (QED) is 0.774. The lowest BCUT2D eigenvalue weighted by atomic mass is 10.1. The highest BCUT2D eigenvalue weighted by Gasteiger charge is 2.13. The molecule has 0 bridgehead atoms. The molecule has 1 aromatic carbocycles. The van der Waals surface area contributed by atoms with Crippen LogP contribution in [-0.4, -0.2) is 21.7 Å². The molecule has 0 unspecified atom stereocenters. The van der Waals surface area contributed by atoms with Crippen molar-refractivity contribution in [2.24, 2.45) is 0 Å². The van der Waals surface area contributed by atoms with Gasteiger partial charge >= 0.3 is 0 Å². The highest BCUT2D eigenvalue weighted by Crippen LogP contribution is 2.36. The van der Waals surface area contributed by atoms with Crippen molar-refractivity contribution >= 4 is 37.4 Å². The van der Waals surface area contributed by atoms with Crippen LogP contribution in [0.25, 0.3) is 21.3 Å². The molecule has 18 heavy (non-hydrogen) atoms. The van der Waals surface area contributed by atoms with Gasteiger partial charge in [-0.25, -0.2) is 4.98 Å². The summed E-state index contributed by atoms with van der Waals surface area (Å²) >= 11 is 5.22. The summed E-state index contributed by atoms with van der Waals surface area (Å²) < 4.78 is 2.13. The summed E-state index contributed by atoms with van der Waals surface area (Å²) in [6.07, 6.45) is 0.542. The number of halogens is 1. The Kier molecular flexibility index (Phi) is 3.20. The third-order valence-electron chi connectivity index (χ3n) is 2.79. The van der Waals surface area contributed by atoms with Crippen molar-refractivity contribution in [2.45, 2.75) is 6.42 Å². The molecule has 0 aliphatic carbocycles. The van der Waals surface area contributed by atoms with E-state index in [2.05, 4.69) is 43.4 Å². The average Bonchev–Trinajstić information content (AvgIpc) is 2.93. The van der Waals surface area contributed by atoms with Crippen molar-refractivity contribution < 1.29 is 5.11 Å². The Bertz CT molecular complexity index is 689. The van der Waals surface area contributed by atoms with E-state index >= 15 is 0 Å². The molecule has 0 saturated carbocycles. The van der Waals surface area contributed by atoms with Gasteiger partial charge < -0.3 is 10.1 Å². The molecule has 0 atom stereocenters. The number of aliphatic hydroxyl groups excluding tert-OH is 1. The molecule has 0 spiro atoms. The molecular weight excluding hydrogens is 312 g/mol. The standard InChI is InChI=1S/C13H11BrN2OS/c14-13-12(15-11(16-13)5-6-17)9-7-18-10-4-2-1-3-8(9)10/h1-4,7,17H,5-6H2,(H,15,16). The predicted octanol–water partition coefficient (Wildman–Crippen LogP) is 3.59. The second kappa shape index (κ2) is 4.84. The van der Waals surface area contributed by atoms with E-state index in [1.165, 1.54) is 10.1 Å². The second-order valence-electron chi connectivity index (χ2n) is 3.97. The van der Waals surface area contributed by atoms with Crippen LogP contribution in [0.1, 0.15) is 5.82 Å². The Morgan fingerprint density at radius 2 is 2.17 bits per heavy atom. The van der Waals surface area contributed by atoms with Crippen LogP contribution < -0.4 is 0 Å². The van der Waals surface area contributed by atoms with Gasteiger partial charge in [0.2, 0.25) is 0 Å². The topological polar surface area (TPSA) is 48.9 Å². The van der Waals surface area contributed by atoms with Crippen molar-refractivity contribution in [3.8, 4) is 11.3 Å². The average molecular weight is 323 g/mol. The highest BCUT2D eigenvalue weighted by atomic mass is 79.9.